The molecule has 0 spiro atoms. The molecule has 0 atom stereocenters. The highest BCUT2D eigenvalue weighted by molar-refractivity contribution is 6.04. The summed E-state index contributed by atoms with van der Waals surface area (Å²) in [5.41, 5.74) is 1.73. The number of hydrogen-bond donors (Lipinski definition) is 1. The molecule has 2 aromatic carbocycles. The summed E-state index contributed by atoms with van der Waals surface area (Å²) in [4.78, 5) is 23.7. The Morgan fingerprint density at radius 3 is 2.55 bits per heavy atom. The molecule has 0 heterocycles. The first kappa shape index (κ1) is 15.8. The van der Waals surface area contributed by atoms with E-state index in [1.807, 2.05) is 42.5 Å². The first-order valence-electron chi connectivity index (χ1n) is 7.17. The van der Waals surface area contributed by atoms with Crippen LogP contribution in [0.15, 0.2) is 54.6 Å². The molecule has 1 N–H and O–H groups in total. The molecule has 0 fully saturated rings. The highest BCUT2D eigenvalue weighted by atomic mass is 16.5. The van der Waals surface area contributed by atoms with Crippen LogP contribution in [-0.4, -0.2) is 18.8 Å². The number of ether oxygens (including phenoxy) is 1. The van der Waals surface area contributed by atoms with Gasteiger partial charge < -0.3 is 10.1 Å². The maximum Gasteiger partial charge on any atom is 0.231 e. The topological polar surface area (TPSA) is 55.4 Å². The number of rotatable bonds is 7. The molecule has 0 aromatic heterocycles. The fraction of sp³-hybridized carbons (Fsp3) is 0.222. The van der Waals surface area contributed by atoms with E-state index in [4.69, 9.17) is 4.74 Å². The number of benzene rings is 2. The van der Waals surface area contributed by atoms with Gasteiger partial charge in [0, 0.05) is 12.1 Å². The summed E-state index contributed by atoms with van der Waals surface area (Å²) in [6.45, 7) is 0. The molecule has 0 aliphatic carbocycles. The number of carbonyl (C=O) groups excluding carboxylic acids is 2. The minimum atomic E-state index is -0.276. The van der Waals surface area contributed by atoms with E-state index in [0.29, 0.717) is 18.5 Å². The van der Waals surface area contributed by atoms with Crippen LogP contribution in [0.4, 0.5) is 5.69 Å². The van der Waals surface area contributed by atoms with E-state index >= 15 is 0 Å². The monoisotopic (exact) mass is 297 g/mol. The van der Waals surface area contributed by atoms with Crippen LogP contribution < -0.4 is 10.1 Å². The molecule has 0 aliphatic heterocycles. The van der Waals surface area contributed by atoms with Crippen LogP contribution in [0.2, 0.25) is 0 Å². The van der Waals surface area contributed by atoms with Gasteiger partial charge in [0.15, 0.2) is 0 Å². The fourth-order valence-electron chi connectivity index (χ4n) is 2.11. The Labute approximate surface area is 130 Å². The van der Waals surface area contributed by atoms with Gasteiger partial charge in [-0.1, -0.05) is 30.3 Å². The number of carbonyl (C=O) groups is 2. The molecule has 2 aromatic rings. The van der Waals surface area contributed by atoms with Gasteiger partial charge in [-0.3, -0.25) is 9.59 Å². The van der Waals surface area contributed by atoms with Crippen molar-refractivity contribution in [2.45, 2.75) is 19.3 Å². The van der Waals surface area contributed by atoms with E-state index in [1.165, 1.54) is 0 Å². The van der Waals surface area contributed by atoms with Crippen LogP contribution in [0.3, 0.4) is 0 Å². The molecule has 0 unspecified atom stereocenters. The smallest absolute Gasteiger partial charge is 0.231 e. The van der Waals surface area contributed by atoms with E-state index < -0.39 is 0 Å². The standard InChI is InChI=1S/C18H19NO3/c1-22-17-9-5-6-14(12-17)10-11-16(20)13-18(21)19-15-7-3-2-4-8-15/h2-9,12H,10-11,13H2,1H3,(H,19,21). The number of nitrogens with one attached hydrogen (secondary N) is 1. The number of Topliss-reactive ketones (excluding diaryl/α,β-unsaturated/α-hetero) is 1. The molecule has 0 radical (unpaired) electrons. The minimum Gasteiger partial charge on any atom is -0.497 e. The van der Waals surface area contributed by atoms with Crippen molar-refractivity contribution in [3.8, 4) is 5.75 Å². The molecule has 0 saturated carbocycles. The van der Waals surface area contributed by atoms with E-state index in [2.05, 4.69) is 5.32 Å². The fourth-order valence-corrected chi connectivity index (χ4v) is 2.11. The van der Waals surface area contributed by atoms with E-state index in [1.54, 1.807) is 19.2 Å². The summed E-state index contributed by atoms with van der Waals surface area (Å²) in [6.07, 6.45) is 0.850. The molecule has 4 heteroatoms. The average Bonchev–Trinajstić information content (AvgIpc) is 2.54. The summed E-state index contributed by atoms with van der Waals surface area (Å²) in [5, 5.41) is 2.71. The van der Waals surface area contributed by atoms with Crippen molar-refractivity contribution in [3.63, 3.8) is 0 Å². The Bertz CT molecular complexity index is 638. The molecule has 0 bridgehead atoms. The Morgan fingerprint density at radius 1 is 1.05 bits per heavy atom. The number of para-hydroxylation sites is 1. The molecule has 2 rings (SSSR count). The summed E-state index contributed by atoms with van der Waals surface area (Å²) in [5.74, 6) is 0.421. The van der Waals surface area contributed by atoms with Crippen molar-refractivity contribution < 1.29 is 14.3 Å². The lowest BCUT2D eigenvalue weighted by atomic mass is 10.1. The zero-order chi connectivity index (χ0) is 15.8. The summed E-state index contributed by atoms with van der Waals surface area (Å²) in [6, 6.07) is 16.7. The second kappa shape index (κ2) is 7.98. The van der Waals surface area contributed by atoms with E-state index in [-0.39, 0.29) is 18.1 Å². The van der Waals surface area contributed by atoms with Crippen LogP contribution in [0.1, 0.15) is 18.4 Å². The quantitative estimate of drug-likeness (QED) is 0.798. The lowest BCUT2D eigenvalue weighted by Crippen LogP contribution is -2.16. The van der Waals surface area contributed by atoms with Gasteiger partial charge >= 0.3 is 0 Å². The van der Waals surface area contributed by atoms with Crippen molar-refractivity contribution in [3.05, 3.63) is 60.2 Å². The van der Waals surface area contributed by atoms with Crippen LogP contribution >= 0.6 is 0 Å². The average molecular weight is 297 g/mol. The molecular weight excluding hydrogens is 278 g/mol. The third-order valence-corrected chi connectivity index (χ3v) is 3.24. The van der Waals surface area contributed by atoms with Gasteiger partial charge in [-0.25, -0.2) is 0 Å². The van der Waals surface area contributed by atoms with Crippen molar-refractivity contribution in [1.82, 2.24) is 0 Å². The van der Waals surface area contributed by atoms with Crippen molar-refractivity contribution in [1.29, 1.82) is 0 Å². The Kier molecular flexibility index (Phi) is 5.72. The van der Waals surface area contributed by atoms with Gasteiger partial charge in [0.25, 0.3) is 0 Å². The molecular formula is C18H19NO3. The summed E-state index contributed by atoms with van der Waals surface area (Å²) < 4.78 is 5.14. The van der Waals surface area contributed by atoms with Crippen LogP contribution in [0.25, 0.3) is 0 Å². The SMILES string of the molecule is COc1cccc(CCC(=O)CC(=O)Nc2ccccc2)c1. The van der Waals surface area contributed by atoms with Gasteiger partial charge in [-0.15, -0.1) is 0 Å². The third kappa shape index (κ3) is 5.05. The molecule has 1 amide bonds. The third-order valence-electron chi connectivity index (χ3n) is 3.24. The van der Waals surface area contributed by atoms with Crippen LogP contribution in [0.5, 0.6) is 5.75 Å². The van der Waals surface area contributed by atoms with E-state index in [9.17, 15) is 9.59 Å². The molecule has 4 nitrogen and oxygen atoms in total. The summed E-state index contributed by atoms with van der Waals surface area (Å²) in [7, 11) is 1.61. The van der Waals surface area contributed by atoms with Gasteiger partial charge in [-0.05, 0) is 36.2 Å². The molecule has 0 saturated heterocycles. The van der Waals surface area contributed by atoms with Crippen molar-refractivity contribution in [2.24, 2.45) is 0 Å². The second-order valence-electron chi connectivity index (χ2n) is 4.98. The van der Waals surface area contributed by atoms with Crippen LogP contribution in [-0.2, 0) is 16.0 Å². The predicted molar refractivity (Wildman–Crippen MR) is 86.0 cm³/mol. The largest absolute Gasteiger partial charge is 0.497 e. The number of amides is 1. The van der Waals surface area contributed by atoms with Crippen LogP contribution in [0, 0.1) is 0 Å². The van der Waals surface area contributed by atoms with Gasteiger partial charge in [0.2, 0.25) is 5.91 Å². The Hall–Kier alpha value is -2.62. The minimum absolute atomic E-state index is 0.0729. The first-order chi connectivity index (χ1) is 10.7. The van der Waals surface area contributed by atoms with Gasteiger partial charge in [0.1, 0.15) is 11.5 Å². The summed E-state index contributed by atoms with van der Waals surface area (Å²) >= 11 is 0. The zero-order valence-corrected chi connectivity index (χ0v) is 12.5. The first-order valence-corrected chi connectivity index (χ1v) is 7.17. The second-order valence-corrected chi connectivity index (χ2v) is 4.98. The normalized spacial score (nSPS) is 10.0. The molecule has 0 aliphatic rings. The molecule has 114 valence electrons. The number of hydrogen-bond acceptors (Lipinski definition) is 3. The highest BCUT2D eigenvalue weighted by Crippen LogP contribution is 2.14. The number of anilines is 1. The van der Waals surface area contributed by atoms with Crippen molar-refractivity contribution in [2.75, 3.05) is 12.4 Å². The number of ketones is 1. The Morgan fingerprint density at radius 2 is 1.82 bits per heavy atom. The molecule has 22 heavy (non-hydrogen) atoms. The zero-order valence-electron chi connectivity index (χ0n) is 12.5. The van der Waals surface area contributed by atoms with Gasteiger partial charge in [0.05, 0.1) is 13.5 Å². The number of aryl methyl sites for hydroxylation is 1. The Balaban J connectivity index is 1.79. The lowest BCUT2D eigenvalue weighted by Gasteiger charge is -2.06. The maximum atomic E-state index is 11.9. The number of methoxy groups -OCH3 is 1. The highest BCUT2D eigenvalue weighted by Gasteiger charge is 2.10. The van der Waals surface area contributed by atoms with Crippen molar-refractivity contribution >= 4 is 17.4 Å². The van der Waals surface area contributed by atoms with E-state index in [0.717, 1.165) is 11.3 Å². The lowest BCUT2D eigenvalue weighted by molar-refractivity contribution is -0.125. The van der Waals surface area contributed by atoms with Gasteiger partial charge in [-0.2, -0.15) is 0 Å². The predicted octanol–water partition coefficient (Wildman–Crippen LogP) is 3.23. The maximum absolute atomic E-state index is 11.9.